The molecule has 6 nitrogen and oxygen atoms in total. The number of hydrogen-bond donors (Lipinski definition) is 1. The van der Waals surface area contributed by atoms with Gasteiger partial charge in [0, 0.05) is 7.11 Å². The van der Waals surface area contributed by atoms with Crippen LogP contribution >= 0.6 is 0 Å². The number of hydrogen-bond acceptors (Lipinski definition) is 5. The van der Waals surface area contributed by atoms with Crippen molar-refractivity contribution < 1.29 is 28.8 Å². The van der Waals surface area contributed by atoms with Gasteiger partial charge in [-0.2, -0.15) is 0 Å². The lowest BCUT2D eigenvalue weighted by atomic mass is 9.66. The maximum Gasteiger partial charge on any atom is 0.309 e. The fourth-order valence-corrected chi connectivity index (χ4v) is 3.29. The van der Waals surface area contributed by atoms with Crippen molar-refractivity contribution in [2.45, 2.75) is 56.6 Å². The first-order valence-corrected chi connectivity index (χ1v) is 6.19. The number of carboxylic acid groups (broad SMARTS) is 1. The van der Waals surface area contributed by atoms with Gasteiger partial charge in [0.2, 0.25) is 0 Å². The first-order chi connectivity index (χ1) is 8.39. The van der Waals surface area contributed by atoms with Crippen molar-refractivity contribution in [3.63, 3.8) is 0 Å². The molecule has 3 rings (SSSR count). The Morgan fingerprint density at radius 2 is 2.06 bits per heavy atom. The van der Waals surface area contributed by atoms with Crippen LogP contribution in [0.5, 0.6) is 0 Å². The minimum Gasteiger partial charge on any atom is -0.481 e. The molecule has 3 aliphatic rings. The van der Waals surface area contributed by atoms with E-state index in [9.17, 15) is 9.90 Å². The summed E-state index contributed by atoms with van der Waals surface area (Å²) in [6, 6.07) is 0. The summed E-state index contributed by atoms with van der Waals surface area (Å²) in [6.07, 6.45) is 0.00168. The summed E-state index contributed by atoms with van der Waals surface area (Å²) in [5.41, 5.74) is -0.787. The summed E-state index contributed by atoms with van der Waals surface area (Å²) in [5.74, 6) is -2.10. The number of rotatable bonds is 2. The van der Waals surface area contributed by atoms with E-state index >= 15 is 0 Å². The van der Waals surface area contributed by atoms with Gasteiger partial charge in [-0.05, 0) is 26.7 Å². The highest BCUT2D eigenvalue weighted by molar-refractivity contribution is 5.73. The number of aliphatic carboxylic acids is 1. The van der Waals surface area contributed by atoms with Gasteiger partial charge in [-0.3, -0.25) is 4.79 Å². The van der Waals surface area contributed by atoms with Gasteiger partial charge < -0.3 is 24.1 Å². The van der Waals surface area contributed by atoms with Crippen molar-refractivity contribution in [1.29, 1.82) is 0 Å². The van der Waals surface area contributed by atoms with E-state index in [1.54, 1.807) is 0 Å². The molecule has 0 amide bonds. The van der Waals surface area contributed by atoms with Gasteiger partial charge in [0.05, 0.1) is 5.92 Å². The summed E-state index contributed by atoms with van der Waals surface area (Å²) in [4.78, 5) is 11.3. The summed E-state index contributed by atoms with van der Waals surface area (Å²) < 4.78 is 22.7. The van der Waals surface area contributed by atoms with Crippen molar-refractivity contribution in [2.75, 3.05) is 7.11 Å². The van der Waals surface area contributed by atoms with Crippen molar-refractivity contribution in [3.05, 3.63) is 0 Å². The molecular formula is C12H18O6. The zero-order valence-electron chi connectivity index (χ0n) is 10.7. The minimum absolute atomic E-state index is 0.354. The molecule has 3 unspecified atom stereocenters. The standard InChI is InChI=1S/C12H18O6/c1-11(2)16-7-8(17-11)12(18-10(7)15-3)5-4-6(12)9(13)14/h6-8,10H,4-5H2,1-3H3,(H,13,14)/t6?,7?,8-,10?,12-/m1/s1. The van der Waals surface area contributed by atoms with E-state index < -0.39 is 29.6 Å². The molecule has 1 N–H and O–H groups in total. The van der Waals surface area contributed by atoms with Crippen LogP contribution in [0.1, 0.15) is 26.7 Å². The van der Waals surface area contributed by atoms with Crippen LogP contribution in [0.3, 0.4) is 0 Å². The van der Waals surface area contributed by atoms with E-state index in [1.165, 1.54) is 7.11 Å². The fourth-order valence-electron chi connectivity index (χ4n) is 3.29. The zero-order chi connectivity index (χ0) is 13.1. The Morgan fingerprint density at radius 3 is 2.56 bits per heavy atom. The molecule has 0 radical (unpaired) electrons. The highest BCUT2D eigenvalue weighted by Crippen LogP contribution is 2.55. The van der Waals surface area contributed by atoms with Crippen LogP contribution in [0.4, 0.5) is 0 Å². The number of fused-ring (bicyclic) bond motifs is 2. The predicted molar refractivity (Wildman–Crippen MR) is 58.8 cm³/mol. The number of methoxy groups -OCH3 is 1. The van der Waals surface area contributed by atoms with Gasteiger partial charge in [0.25, 0.3) is 0 Å². The van der Waals surface area contributed by atoms with E-state index in [-0.39, 0.29) is 12.2 Å². The van der Waals surface area contributed by atoms with Crippen molar-refractivity contribution in [1.82, 2.24) is 0 Å². The van der Waals surface area contributed by atoms with Crippen molar-refractivity contribution in [2.24, 2.45) is 5.92 Å². The van der Waals surface area contributed by atoms with Crippen molar-refractivity contribution >= 4 is 5.97 Å². The summed E-state index contributed by atoms with van der Waals surface area (Å²) >= 11 is 0. The Morgan fingerprint density at radius 1 is 1.33 bits per heavy atom. The molecule has 5 atom stereocenters. The van der Waals surface area contributed by atoms with Crippen LogP contribution in [0.15, 0.2) is 0 Å². The van der Waals surface area contributed by atoms with Crippen LogP contribution < -0.4 is 0 Å². The van der Waals surface area contributed by atoms with Gasteiger partial charge in [-0.15, -0.1) is 0 Å². The van der Waals surface area contributed by atoms with Crippen molar-refractivity contribution in [3.8, 4) is 0 Å². The SMILES string of the molecule is COC1O[C@@]2(CCC2C(=O)O)[C@@H]2OC(C)(C)OC12. The van der Waals surface area contributed by atoms with Gasteiger partial charge in [-0.25, -0.2) is 0 Å². The van der Waals surface area contributed by atoms with Gasteiger partial charge in [-0.1, -0.05) is 0 Å². The molecule has 1 aliphatic carbocycles. The molecule has 1 spiro atoms. The maximum atomic E-state index is 11.3. The lowest BCUT2D eigenvalue weighted by Crippen LogP contribution is -2.58. The number of carboxylic acids is 1. The monoisotopic (exact) mass is 258 g/mol. The fraction of sp³-hybridized carbons (Fsp3) is 0.917. The lowest BCUT2D eigenvalue weighted by molar-refractivity contribution is -0.278. The Bertz CT molecular complexity index is 381. The topological polar surface area (TPSA) is 74.2 Å². The van der Waals surface area contributed by atoms with Gasteiger partial charge in [0.15, 0.2) is 12.1 Å². The smallest absolute Gasteiger partial charge is 0.309 e. The zero-order valence-corrected chi connectivity index (χ0v) is 10.7. The van der Waals surface area contributed by atoms with Crippen LogP contribution in [-0.4, -0.2) is 48.1 Å². The molecular weight excluding hydrogens is 240 g/mol. The number of carbonyl (C=O) groups is 1. The largest absolute Gasteiger partial charge is 0.481 e. The molecule has 0 aromatic heterocycles. The molecule has 3 fully saturated rings. The highest BCUT2D eigenvalue weighted by Gasteiger charge is 2.70. The Hall–Kier alpha value is -0.690. The average Bonchev–Trinajstić information content (AvgIpc) is 2.67. The van der Waals surface area contributed by atoms with Crippen LogP contribution in [0, 0.1) is 5.92 Å². The van der Waals surface area contributed by atoms with Crippen LogP contribution in [0.25, 0.3) is 0 Å². The summed E-state index contributed by atoms with van der Waals surface area (Å²) in [5, 5.41) is 9.25. The summed E-state index contributed by atoms with van der Waals surface area (Å²) in [7, 11) is 1.53. The normalized spacial score (nSPS) is 49.1. The van der Waals surface area contributed by atoms with E-state index in [2.05, 4.69) is 0 Å². The average molecular weight is 258 g/mol. The molecule has 1 saturated carbocycles. The Labute approximate surface area is 105 Å². The molecule has 6 heteroatoms. The molecule has 2 heterocycles. The lowest BCUT2D eigenvalue weighted by Gasteiger charge is -2.46. The second kappa shape index (κ2) is 3.66. The van der Waals surface area contributed by atoms with Crippen LogP contribution in [-0.2, 0) is 23.7 Å². The van der Waals surface area contributed by atoms with Crippen LogP contribution in [0.2, 0.25) is 0 Å². The third kappa shape index (κ3) is 1.46. The van der Waals surface area contributed by atoms with Gasteiger partial charge >= 0.3 is 5.97 Å². The second-order valence-electron chi connectivity index (χ2n) is 5.63. The maximum absolute atomic E-state index is 11.3. The first-order valence-electron chi connectivity index (χ1n) is 6.19. The van der Waals surface area contributed by atoms with E-state index in [0.717, 1.165) is 0 Å². The third-order valence-corrected chi connectivity index (χ3v) is 4.16. The highest BCUT2D eigenvalue weighted by atomic mass is 16.8. The minimum atomic E-state index is -0.843. The van der Waals surface area contributed by atoms with E-state index in [4.69, 9.17) is 18.9 Å². The van der Waals surface area contributed by atoms with Gasteiger partial charge in [0.1, 0.15) is 17.8 Å². The second-order valence-corrected chi connectivity index (χ2v) is 5.63. The molecule has 0 bridgehead atoms. The summed E-state index contributed by atoms with van der Waals surface area (Å²) in [6.45, 7) is 3.64. The molecule has 0 aromatic carbocycles. The molecule has 2 aliphatic heterocycles. The first kappa shape index (κ1) is 12.3. The quantitative estimate of drug-likeness (QED) is 0.787. The van der Waals surface area contributed by atoms with E-state index in [0.29, 0.717) is 12.8 Å². The predicted octanol–water partition coefficient (Wildman–Crippen LogP) is 0.743. The van der Waals surface area contributed by atoms with E-state index in [1.807, 2.05) is 13.8 Å². The molecule has 0 aromatic rings. The molecule has 18 heavy (non-hydrogen) atoms. The third-order valence-electron chi connectivity index (χ3n) is 4.16. The molecule has 2 saturated heterocycles. The molecule has 102 valence electrons. The Kier molecular flexibility index (Phi) is 2.51. The Balaban J connectivity index is 1.91. The number of ether oxygens (including phenoxy) is 4.